The summed E-state index contributed by atoms with van der Waals surface area (Å²) in [5, 5.41) is 2.55. The minimum Gasteiger partial charge on any atom is -0.345 e. The van der Waals surface area contributed by atoms with Gasteiger partial charge in [0.1, 0.15) is 0 Å². The number of rotatable bonds is 3. The van der Waals surface area contributed by atoms with Crippen LogP contribution in [-0.2, 0) is 0 Å². The molecule has 0 saturated carbocycles. The van der Waals surface area contributed by atoms with Gasteiger partial charge in [-0.3, -0.25) is 0 Å². The Morgan fingerprint density at radius 1 is 0.607 bits per heavy atom. The monoisotopic (exact) mass is 362 g/mol. The molecule has 4 aromatic carbocycles. The van der Waals surface area contributed by atoms with Crippen LogP contribution in [0.2, 0.25) is 0 Å². The lowest BCUT2D eigenvalue weighted by molar-refractivity contribution is 1.17. The highest BCUT2D eigenvalue weighted by Crippen LogP contribution is 2.35. The number of anilines is 2. The third-order valence-corrected chi connectivity index (χ3v) is 5.48. The molecule has 5 rings (SSSR count). The predicted octanol–water partition coefficient (Wildman–Crippen LogP) is 6.86. The van der Waals surface area contributed by atoms with E-state index in [0.29, 0.717) is 0 Å². The minimum atomic E-state index is 1.19. The van der Waals surface area contributed by atoms with Crippen LogP contribution in [-0.4, -0.2) is 11.6 Å². The Balaban J connectivity index is 1.72. The van der Waals surface area contributed by atoms with Crippen LogP contribution in [0.3, 0.4) is 0 Å². The molecule has 0 aliphatic rings. The molecule has 0 spiro atoms. The van der Waals surface area contributed by atoms with Crippen molar-refractivity contribution in [1.82, 2.24) is 4.57 Å². The molecule has 1 heterocycles. The van der Waals surface area contributed by atoms with Gasteiger partial charge in [0.05, 0.1) is 11.0 Å². The van der Waals surface area contributed by atoms with Gasteiger partial charge >= 0.3 is 0 Å². The zero-order chi connectivity index (χ0) is 19.1. The third kappa shape index (κ3) is 2.66. The van der Waals surface area contributed by atoms with Gasteiger partial charge in [-0.2, -0.15) is 0 Å². The second-order valence-corrected chi connectivity index (χ2v) is 7.28. The summed E-state index contributed by atoms with van der Waals surface area (Å²) in [6.45, 7) is 2.12. The topological polar surface area (TPSA) is 8.17 Å². The van der Waals surface area contributed by atoms with E-state index in [9.17, 15) is 0 Å². The highest BCUT2D eigenvalue weighted by Gasteiger charge is 2.13. The Bertz CT molecular complexity index is 1260. The number of hydrogen-bond acceptors (Lipinski definition) is 1. The van der Waals surface area contributed by atoms with E-state index < -0.39 is 0 Å². The van der Waals surface area contributed by atoms with Crippen LogP contribution in [0.25, 0.3) is 27.5 Å². The van der Waals surface area contributed by atoms with Crippen molar-refractivity contribution in [1.29, 1.82) is 0 Å². The summed E-state index contributed by atoms with van der Waals surface area (Å²) >= 11 is 0. The van der Waals surface area contributed by atoms with Gasteiger partial charge in [-0.25, -0.2) is 0 Å². The number of benzene rings is 4. The average molecular weight is 362 g/mol. The Morgan fingerprint density at radius 2 is 1.25 bits per heavy atom. The summed E-state index contributed by atoms with van der Waals surface area (Å²) in [6, 6.07) is 34.6. The molecule has 0 fully saturated rings. The fourth-order valence-electron chi connectivity index (χ4n) is 3.94. The van der Waals surface area contributed by atoms with Crippen LogP contribution in [0.4, 0.5) is 11.4 Å². The highest BCUT2D eigenvalue weighted by atomic mass is 15.1. The molecule has 0 aliphatic carbocycles. The number of para-hydroxylation sites is 2. The van der Waals surface area contributed by atoms with Gasteiger partial charge in [-0.1, -0.05) is 54.1 Å². The maximum Gasteiger partial charge on any atom is 0.0542 e. The van der Waals surface area contributed by atoms with E-state index in [1.165, 1.54) is 44.4 Å². The Labute approximate surface area is 165 Å². The number of fused-ring (bicyclic) bond motifs is 3. The molecule has 0 saturated heterocycles. The van der Waals surface area contributed by atoms with Crippen molar-refractivity contribution in [2.75, 3.05) is 11.9 Å². The van der Waals surface area contributed by atoms with Crippen molar-refractivity contribution >= 4 is 33.2 Å². The first kappa shape index (κ1) is 16.6. The summed E-state index contributed by atoms with van der Waals surface area (Å²) in [5.74, 6) is 0. The van der Waals surface area contributed by atoms with Crippen LogP contribution in [0.5, 0.6) is 0 Å². The fraction of sp³-hybridized carbons (Fsp3) is 0.0769. The molecule has 1 aromatic heterocycles. The predicted molar refractivity (Wildman–Crippen MR) is 120 cm³/mol. The normalized spacial score (nSPS) is 11.2. The molecule has 28 heavy (non-hydrogen) atoms. The Kier molecular flexibility index (Phi) is 3.91. The lowest BCUT2D eigenvalue weighted by atomic mass is 10.1. The van der Waals surface area contributed by atoms with E-state index in [1.54, 1.807) is 0 Å². The van der Waals surface area contributed by atoms with Gasteiger partial charge in [-0.05, 0) is 55.5 Å². The second-order valence-electron chi connectivity index (χ2n) is 7.28. The maximum absolute atomic E-state index is 2.35. The fourth-order valence-corrected chi connectivity index (χ4v) is 3.94. The van der Waals surface area contributed by atoms with Gasteiger partial charge in [0.2, 0.25) is 0 Å². The van der Waals surface area contributed by atoms with Crippen molar-refractivity contribution in [3.8, 4) is 5.69 Å². The molecule has 0 atom stereocenters. The molecular formula is C26H22N2. The second kappa shape index (κ2) is 6.58. The van der Waals surface area contributed by atoms with Crippen molar-refractivity contribution in [3.05, 3.63) is 103 Å². The molecule has 0 unspecified atom stereocenters. The van der Waals surface area contributed by atoms with Crippen LogP contribution in [0.1, 0.15) is 5.56 Å². The molecule has 0 amide bonds. The highest BCUT2D eigenvalue weighted by molar-refractivity contribution is 6.10. The van der Waals surface area contributed by atoms with E-state index in [1.807, 2.05) is 0 Å². The molecule has 5 aromatic rings. The minimum absolute atomic E-state index is 1.19. The summed E-state index contributed by atoms with van der Waals surface area (Å²) < 4.78 is 2.35. The van der Waals surface area contributed by atoms with Gasteiger partial charge in [0.25, 0.3) is 0 Å². The van der Waals surface area contributed by atoms with Crippen LogP contribution < -0.4 is 4.90 Å². The average Bonchev–Trinajstić information content (AvgIpc) is 3.08. The zero-order valence-electron chi connectivity index (χ0n) is 16.1. The molecule has 136 valence electrons. The van der Waals surface area contributed by atoms with Crippen LogP contribution in [0, 0.1) is 6.92 Å². The standard InChI is InChI=1S/C26H22N2/c1-19-12-14-20(15-13-19)27(2)22-16-17-26-24(18-22)23-10-6-7-11-25(23)28(26)21-8-4-3-5-9-21/h3-18H,1-2H3. The Hall–Kier alpha value is -3.52. The summed E-state index contributed by atoms with van der Waals surface area (Å²) in [6.07, 6.45) is 0. The molecule has 0 radical (unpaired) electrons. The van der Waals surface area contributed by atoms with Crippen molar-refractivity contribution in [2.45, 2.75) is 6.92 Å². The lowest BCUT2D eigenvalue weighted by Crippen LogP contribution is -2.09. The van der Waals surface area contributed by atoms with Gasteiger partial charge in [0.15, 0.2) is 0 Å². The third-order valence-electron chi connectivity index (χ3n) is 5.48. The summed E-state index contributed by atoms with van der Waals surface area (Å²) in [7, 11) is 2.13. The van der Waals surface area contributed by atoms with E-state index in [2.05, 4.69) is 121 Å². The smallest absolute Gasteiger partial charge is 0.0542 e. The number of aromatic nitrogens is 1. The van der Waals surface area contributed by atoms with Gasteiger partial charge in [0, 0.05) is 34.9 Å². The van der Waals surface area contributed by atoms with E-state index in [-0.39, 0.29) is 0 Å². The van der Waals surface area contributed by atoms with Crippen LogP contribution in [0.15, 0.2) is 97.1 Å². The maximum atomic E-state index is 2.35. The molecule has 0 bridgehead atoms. The van der Waals surface area contributed by atoms with E-state index in [4.69, 9.17) is 0 Å². The molecule has 2 heteroatoms. The van der Waals surface area contributed by atoms with Crippen molar-refractivity contribution in [2.24, 2.45) is 0 Å². The number of nitrogens with zero attached hydrogens (tertiary/aromatic N) is 2. The molecular weight excluding hydrogens is 340 g/mol. The van der Waals surface area contributed by atoms with Crippen molar-refractivity contribution in [3.63, 3.8) is 0 Å². The largest absolute Gasteiger partial charge is 0.345 e. The first-order valence-corrected chi connectivity index (χ1v) is 9.61. The quantitative estimate of drug-likeness (QED) is 0.340. The number of aryl methyl sites for hydroxylation is 1. The first-order valence-electron chi connectivity index (χ1n) is 9.61. The van der Waals surface area contributed by atoms with Crippen molar-refractivity contribution < 1.29 is 0 Å². The Morgan fingerprint density at radius 3 is 2.04 bits per heavy atom. The summed E-state index contributed by atoms with van der Waals surface area (Å²) in [5.41, 5.74) is 7.31. The molecule has 2 nitrogen and oxygen atoms in total. The number of hydrogen-bond donors (Lipinski definition) is 0. The van der Waals surface area contributed by atoms with Gasteiger partial charge in [-0.15, -0.1) is 0 Å². The van der Waals surface area contributed by atoms with E-state index in [0.717, 1.165) is 0 Å². The lowest BCUT2D eigenvalue weighted by Gasteiger charge is -2.20. The SMILES string of the molecule is Cc1ccc(N(C)c2ccc3c(c2)c2ccccc2n3-c2ccccc2)cc1. The first-order chi connectivity index (χ1) is 13.7. The summed E-state index contributed by atoms with van der Waals surface area (Å²) in [4.78, 5) is 2.24. The van der Waals surface area contributed by atoms with E-state index >= 15 is 0 Å². The van der Waals surface area contributed by atoms with Crippen LogP contribution >= 0.6 is 0 Å². The zero-order valence-corrected chi connectivity index (χ0v) is 16.1. The molecule has 0 aliphatic heterocycles. The molecule has 0 N–H and O–H groups in total. The van der Waals surface area contributed by atoms with Gasteiger partial charge < -0.3 is 9.47 Å².